The monoisotopic (exact) mass is 322 g/mol. The first-order chi connectivity index (χ1) is 10.8. The summed E-state index contributed by atoms with van der Waals surface area (Å²) in [5.74, 6) is 1.07. The molecule has 0 bridgehead atoms. The lowest BCUT2D eigenvalue weighted by molar-refractivity contribution is -0.266. The molecule has 0 aromatic rings. The Hall–Kier alpha value is -0.380. The van der Waals surface area contributed by atoms with E-state index in [1.807, 2.05) is 6.08 Å². The molecule has 6 atom stereocenters. The zero-order valence-corrected chi connectivity index (χ0v) is 15.1. The smallest absolute Gasteiger partial charge is 0.110 e. The fourth-order valence-electron chi connectivity index (χ4n) is 6.59. The first kappa shape index (κ1) is 17.4. The Balaban J connectivity index is 1.94. The average Bonchev–Trinajstić information content (AvgIpc) is 2.53. The zero-order chi connectivity index (χ0) is 16.9. The number of aliphatic hydroxyl groups excluding tert-OH is 2. The Morgan fingerprint density at radius 3 is 2.30 bits per heavy atom. The summed E-state index contributed by atoms with van der Waals surface area (Å²) in [6, 6.07) is 0. The minimum atomic E-state index is -0.566. The maximum absolute atomic E-state index is 10.0. The van der Waals surface area contributed by atoms with Gasteiger partial charge in [-0.05, 0) is 68.1 Å². The Morgan fingerprint density at radius 1 is 1.00 bits per heavy atom. The van der Waals surface area contributed by atoms with Crippen LogP contribution < -0.4 is 0 Å². The number of fused-ring (bicyclic) bond motifs is 3. The molecular weight excluding hydrogens is 288 g/mol. The highest BCUT2D eigenvalue weighted by molar-refractivity contribution is 5.13. The highest BCUT2D eigenvalue weighted by Crippen LogP contribution is 2.65. The summed E-state index contributed by atoms with van der Waals surface area (Å²) in [5, 5.41) is 19.9. The lowest BCUT2D eigenvalue weighted by Crippen LogP contribution is -2.64. The molecule has 0 radical (unpaired) electrons. The van der Waals surface area contributed by atoms with Crippen LogP contribution in [0.4, 0.5) is 0 Å². The van der Waals surface area contributed by atoms with Gasteiger partial charge < -0.3 is 14.9 Å². The van der Waals surface area contributed by atoms with Crippen molar-refractivity contribution < 1.29 is 14.9 Å². The summed E-state index contributed by atoms with van der Waals surface area (Å²) in [6.45, 7) is 11.2. The Labute approximate surface area is 141 Å². The minimum absolute atomic E-state index is 0.0211. The normalized spacial score (nSPS) is 53.3. The fourth-order valence-corrected chi connectivity index (χ4v) is 6.59. The summed E-state index contributed by atoms with van der Waals surface area (Å²) >= 11 is 0. The van der Waals surface area contributed by atoms with E-state index in [2.05, 4.69) is 27.4 Å². The fraction of sp³-hybridized carbons (Fsp3) is 0.900. The summed E-state index contributed by atoms with van der Waals surface area (Å²) in [7, 11) is 0. The van der Waals surface area contributed by atoms with Crippen molar-refractivity contribution in [2.45, 2.75) is 76.9 Å². The van der Waals surface area contributed by atoms with Gasteiger partial charge in [-0.25, -0.2) is 0 Å². The van der Waals surface area contributed by atoms with Crippen LogP contribution in [0.15, 0.2) is 12.7 Å². The third-order valence-corrected chi connectivity index (χ3v) is 7.86. The van der Waals surface area contributed by atoms with Gasteiger partial charge in [0.05, 0.1) is 12.2 Å². The van der Waals surface area contributed by atoms with Crippen LogP contribution in [0.25, 0.3) is 0 Å². The van der Waals surface area contributed by atoms with E-state index in [-0.39, 0.29) is 23.0 Å². The largest absolute Gasteiger partial charge is 0.396 e. The molecule has 1 aliphatic heterocycles. The second-order valence-electron chi connectivity index (χ2n) is 9.20. The van der Waals surface area contributed by atoms with E-state index in [1.54, 1.807) is 0 Å². The van der Waals surface area contributed by atoms with Crippen LogP contribution >= 0.6 is 0 Å². The van der Waals surface area contributed by atoms with Gasteiger partial charge in [0.15, 0.2) is 0 Å². The highest BCUT2D eigenvalue weighted by Gasteiger charge is 2.62. The molecule has 23 heavy (non-hydrogen) atoms. The van der Waals surface area contributed by atoms with Gasteiger partial charge >= 0.3 is 0 Å². The lowest BCUT2D eigenvalue weighted by atomic mass is 9.44. The predicted octanol–water partition coefficient (Wildman–Crippen LogP) is 3.69. The van der Waals surface area contributed by atoms with Crippen LogP contribution in [-0.2, 0) is 4.74 Å². The van der Waals surface area contributed by atoms with Crippen molar-refractivity contribution in [3.8, 4) is 0 Å². The van der Waals surface area contributed by atoms with Gasteiger partial charge in [-0.3, -0.25) is 0 Å². The van der Waals surface area contributed by atoms with Crippen molar-refractivity contribution >= 4 is 0 Å². The maximum Gasteiger partial charge on any atom is 0.110 e. The number of rotatable bonds is 3. The van der Waals surface area contributed by atoms with Gasteiger partial charge in [-0.15, -0.1) is 6.58 Å². The quantitative estimate of drug-likeness (QED) is 0.779. The first-order valence-electron chi connectivity index (χ1n) is 9.33. The average molecular weight is 322 g/mol. The van der Waals surface area contributed by atoms with Crippen molar-refractivity contribution in [3.05, 3.63) is 12.7 Å². The van der Waals surface area contributed by atoms with Gasteiger partial charge in [0, 0.05) is 6.61 Å². The Morgan fingerprint density at radius 2 is 1.70 bits per heavy atom. The summed E-state index contributed by atoms with van der Waals surface area (Å²) in [4.78, 5) is 0. The van der Waals surface area contributed by atoms with Crippen LogP contribution in [0.3, 0.4) is 0 Å². The molecule has 132 valence electrons. The lowest BCUT2D eigenvalue weighted by Gasteiger charge is -2.65. The van der Waals surface area contributed by atoms with Crippen molar-refractivity contribution in [1.29, 1.82) is 0 Å². The van der Waals surface area contributed by atoms with Crippen molar-refractivity contribution in [1.82, 2.24) is 0 Å². The van der Waals surface area contributed by atoms with Crippen LogP contribution in [-0.4, -0.2) is 34.6 Å². The second-order valence-corrected chi connectivity index (χ2v) is 9.20. The van der Waals surface area contributed by atoms with Gasteiger partial charge in [-0.2, -0.15) is 0 Å². The predicted molar refractivity (Wildman–Crippen MR) is 92.1 cm³/mol. The molecule has 0 aromatic heterocycles. The number of ether oxygens (including phenoxy) is 1. The molecule has 3 nitrogen and oxygen atoms in total. The van der Waals surface area contributed by atoms with E-state index in [0.29, 0.717) is 18.4 Å². The molecule has 0 spiro atoms. The van der Waals surface area contributed by atoms with E-state index < -0.39 is 5.60 Å². The zero-order valence-electron chi connectivity index (χ0n) is 15.1. The second kappa shape index (κ2) is 5.57. The standard InChI is InChI=1S/C20H34O3/c1-5-20(14-22)12-8-16-18(3)10-6-9-17(2,13-21)15(18)7-11-19(16,4)23-20/h5,15-16,21-22H,1,6-14H2,2-4H3/t15-,16+,17+,18-,19+,20-/m0/s1. The van der Waals surface area contributed by atoms with Crippen LogP contribution in [0.1, 0.15) is 65.7 Å². The van der Waals surface area contributed by atoms with E-state index in [0.717, 1.165) is 32.1 Å². The molecular formula is C20H34O3. The SMILES string of the molecule is C=C[C@@]1(CO)CC[C@@H]2[C@@]3(C)CCC[C@](C)(CO)[C@@H]3CC[C@@]2(C)O1. The van der Waals surface area contributed by atoms with E-state index in [4.69, 9.17) is 4.74 Å². The molecule has 1 saturated heterocycles. The molecule has 3 fully saturated rings. The highest BCUT2D eigenvalue weighted by atomic mass is 16.5. The number of hydrogen-bond donors (Lipinski definition) is 2. The Kier molecular flexibility index (Phi) is 4.23. The third-order valence-electron chi connectivity index (χ3n) is 7.86. The van der Waals surface area contributed by atoms with Gasteiger partial charge in [-0.1, -0.05) is 26.3 Å². The van der Waals surface area contributed by atoms with Crippen molar-refractivity contribution in [2.24, 2.45) is 22.7 Å². The van der Waals surface area contributed by atoms with Crippen LogP contribution in [0.2, 0.25) is 0 Å². The first-order valence-corrected chi connectivity index (χ1v) is 9.33. The molecule has 3 heteroatoms. The maximum atomic E-state index is 10.0. The third kappa shape index (κ3) is 2.42. The summed E-state index contributed by atoms with van der Waals surface area (Å²) < 4.78 is 6.55. The van der Waals surface area contributed by atoms with Crippen LogP contribution in [0.5, 0.6) is 0 Å². The summed E-state index contributed by atoms with van der Waals surface area (Å²) in [6.07, 6.45) is 9.44. The van der Waals surface area contributed by atoms with E-state index in [1.165, 1.54) is 12.8 Å². The Bertz CT molecular complexity index is 478. The summed E-state index contributed by atoms with van der Waals surface area (Å²) in [5.41, 5.74) is -0.471. The van der Waals surface area contributed by atoms with Gasteiger partial charge in [0.1, 0.15) is 5.60 Å². The van der Waals surface area contributed by atoms with Gasteiger partial charge in [0.25, 0.3) is 0 Å². The van der Waals surface area contributed by atoms with Crippen LogP contribution in [0, 0.1) is 22.7 Å². The van der Waals surface area contributed by atoms with Crippen molar-refractivity contribution in [2.75, 3.05) is 13.2 Å². The van der Waals surface area contributed by atoms with E-state index in [9.17, 15) is 10.2 Å². The molecule has 2 aliphatic carbocycles. The number of hydrogen-bond acceptors (Lipinski definition) is 3. The molecule has 2 N–H and O–H groups in total. The van der Waals surface area contributed by atoms with E-state index >= 15 is 0 Å². The molecule has 3 rings (SSSR count). The molecule has 0 aromatic carbocycles. The molecule has 2 saturated carbocycles. The van der Waals surface area contributed by atoms with Gasteiger partial charge in [0.2, 0.25) is 0 Å². The molecule has 0 amide bonds. The number of aliphatic hydroxyl groups is 2. The molecule has 3 aliphatic rings. The minimum Gasteiger partial charge on any atom is -0.396 e. The van der Waals surface area contributed by atoms with Crippen molar-refractivity contribution in [3.63, 3.8) is 0 Å². The molecule has 0 unspecified atom stereocenters. The topological polar surface area (TPSA) is 49.7 Å². The molecule has 1 heterocycles.